The molecule has 1 aliphatic heterocycles. The molecule has 1 fully saturated rings. The Morgan fingerprint density at radius 3 is 2.57 bits per heavy atom. The summed E-state index contributed by atoms with van der Waals surface area (Å²) in [5.41, 5.74) is 0.562. The lowest BCUT2D eigenvalue weighted by molar-refractivity contribution is -0.0740. The van der Waals surface area contributed by atoms with Gasteiger partial charge in [-0.1, -0.05) is 25.1 Å². The SMILES string of the molecule is CCOc1ccccc1C(O)C(C)(CC)N1CCOCC1. The zero-order valence-corrected chi connectivity index (χ0v) is 13.3. The molecule has 0 radical (unpaired) electrons. The van der Waals surface area contributed by atoms with Gasteiger partial charge in [0.15, 0.2) is 0 Å². The third-order valence-corrected chi connectivity index (χ3v) is 4.55. The summed E-state index contributed by atoms with van der Waals surface area (Å²) in [5.74, 6) is 0.778. The highest BCUT2D eigenvalue weighted by atomic mass is 16.5. The molecule has 2 rings (SSSR count). The van der Waals surface area contributed by atoms with Crippen LogP contribution in [-0.4, -0.2) is 48.5 Å². The Labute approximate surface area is 127 Å². The van der Waals surface area contributed by atoms with Gasteiger partial charge in [0.25, 0.3) is 0 Å². The van der Waals surface area contributed by atoms with Crippen LogP contribution in [0.25, 0.3) is 0 Å². The Bertz CT molecular complexity index is 445. The number of para-hydroxylation sites is 1. The van der Waals surface area contributed by atoms with E-state index in [-0.39, 0.29) is 5.54 Å². The molecule has 4 heteroatoms. The minimum Gasteiger partial charge on any atom is -0.493 e. The summed E-state index contributed by atoms with van der Waals surface area (Å²) >= 11 is 0. The molecule has 0 spiro atoms. The quantitative estimate of drug-likeness (QED) is 0.875. The van der Waals surface area contributed by atoms with Gasteiger partial charge < -0.3 is 14.6 Å². The average molecular weight is 293 g/mol. The van der Waals surface area contributed by atoms with Crippen molar-refractivity contribution in [1.82, 2.24) is 4.90 Å². The Balaban J connectivity index is 2.28. The summed E-state index contributed by atoms with van der Waals surface area (Å²) in [6, 6.07) is 7.79. The second kappa shape index (κ2) is 7.25. The maximum Gasteiger partial charge on any atom is 0.125 e. The zero-order chi connectivity index (χ0) is 15.3. The van der Waals surface area contributed by atoms with Crippen LogP contribution in [0.5, 0.6) is 5.75 Å². The molecule has 1 N–H and O–H groups in total. The van der Waals surface area contributed by atoms with Crippen molar-refractivity contribution in [3.05, 3.63) is 29.8 Å². The number of benzene rings is 1. The highest BCUT2D eigenvalue weighted by molar-refractivity contribution is 5.37. The minimum absolute atomic E-state index is 0.309. The number of ether oxygens (including phenoxy) is 2. The molecule has 1 heterocycles. The van der Waals surface area contributed by atoms with Crippen molar-refractivity contribution in [2.75, 3.05) is 32.9 Å². The maximum atomic E-state index is 11.0. The maximum absolute atomic E-state index is 11.0. The molecule has 0 amide bonds. The summed E-state index contributed by atoms with van der Waals surface area (Å²) in [4.78, 5) is 2.34. The summed E-state index contributed by atoms with van der Waals surface area (Å²) in [7, 11) is 0. The van der Waals surface area contributed by atoms with Crippen molar-refractivity contribution in [3.8, 4) is 5.75 Å². The van der Waals surface area contributed by atoms with Gasteiger partial charge in [-0.05, 0) is 26.3 Å². The first-order valence-corrected chi connectivity index (χ1v) is 7.86. The van der Waals surface area contributed by atoms with Gasteiger partial charge in [-0.25, -0.2) is 0 Å². The Hall–Kier alpha value is -1.10. The number of rotatable bonds is 6. The van der Waals surface area contributed by atoms with Crippen LogP contribution in [0.2, 0.25) is 0 Å². The Kier molecular flexibility index (Phi) is 5.62. The predicted octanol–water partition coefficient (Wildman–Crippen LogP) is 2.62. The molecule has 2 unspecified atom stereocenters. The molecule has 21 heavy (non-hydrogen) atoms. The molecular formula is C17H27NO3. The van der Waals surface area contributed by atoms with Gasteiger partial charge >= 0.3 is 0 Å². The van der Waals surface area contributed by atoms with Crippen molar-refractivity contribution in [2.24, 2.45) is 0 Å². The van der Waals surface area contributed by atoms with Crippen LogP contribution >= 0.6 is 0 Å². The van der Waals surface area contributed by atoms with Gasteiger partial charge in [0.1, 0.15) is 11.9 Å². The van der Waals surface area contributed by atoms with Gasteiger partial charge in [-0.2, -0.15) is 0 Å². The van der Waals surface area contributed by atoms with E-state index in [1.165, 1.54) is 0 Å². The van der Waals surface area contributed by atoms with E-state index in [9.17, 15) is 5.11 Å². The molecule has 4 nitrogen and oxygen atoms in total. The Morgan fingerprint density at radius 2 is 1.95 bits per heavy atom. The summed E-state index contributed by atoms with van der Waals surface area (Å²) < 4.78 is 11.1. The van der Waals surface area contributed by atoms with Gasteiger partial charge in [0.2, 0.25) is 0 Å². The van der Waals surface area contributed by atoms with Crippen LogP contribution in [0, 0.1) is 0 Å². The van der Waals surface area contributed by atoms with E-state index in [4.69, 9.17) is 9.47 Å². The van der Waals surface area contributed by atoms with Crippen molar-refractivity contribution in [1.29, 1.82) is 0 Å². The first-order chi connectivity index (χ1) is 10.1. The first kappa shape index (κ1) is 16.3. The molecule has 118 valence electrons. The van der Waals surface area contributed by atoms with Crippen molar-refractivity contribution in [2.45, 2.75) is 38.8 Å². The van der Waals surface area contributed by atoms with Crippen molar-refractivity contribution in [3.63, 3.8) is 0 Å². The summed E-state index contributed by atoms with van der Waals surface area (Å²) in [6.07, 6.45) is 0.289. The molecular weight excluding hydrogens is 266 g/mol. The predicted molar refractivity (Wildman–Crippen MR) is 83.7 cm³/mol. The first-order valence-electron chi connectivity index (χ1n) is 7.86. The lowest BCUT2D eigenvalue weighted by Gasteiger charge is -2.46. The van der Waals surface area contributed by atoms with Crippen LogP contribution in [0.3, 0.4) is 0 Å². The molecule has 1 aromatic carbocycles. The largest absolute Gasteiger partial charge is 0.493 e. The van der Waals surface area contributed by atoms with Crippen LogP contribution in [0.4, 0.5) is 0 Å². The standard InChI is InChI=1S/C17H27NO3/c1-4-17(3,18-10-12-20-13-11-18)16(19)14-8-6-7-9-15(14)21-5-2/h6-9,16,19H,4-5,10-13H2,1-3H3. The van der Waals surface area contributed by atoms with Gasteiger partial charge in [-0.15, -0.1) is 0 Å². The summed E-state index contributed by atoms with van der Waals surface area (Å²) in [5, 5.41) is 11.0. The molecule has 0 saturated carbocycles. The molecule has 2 atom stereocenters. The number of aliphatic hydroxyl groups excluding tert-OH is 1. The third kappa shape index (κ3) is 3.39. The minimum atomic E-state index is -0.580. The number of nitrogens with zero attached hydrogens (tertiary/aromatic N) is 1. The molecule has 0 aromatic heterocycles. The molecule has 0 bridgehead atoms. The smallest absolute Gasteiger partial charge is 0.125 e. The lowest BCUT2D eigenvalue weighted by atomic mass is 9.84. The topological polar surface area (TPSA) is 41.9 Å². The molecule has 1 aliphatic rings. The fraction of sp³-hybridized carbons (Fsp3) is 0.647. The third-order valence-electron chi connectivity index (χ3n) is 4.55. The lowest BCUT2D eigenvalue weighted by Crippen LogP contribution is -2.54. The highest BCUT2D eigenvalue weighted by Crippen LogP contribution is 2.38. The summed E-state index contributed by atoms with van der Waals surface area (Å²) in [6.45, 7) is 10.0. The van der Waals surface area contributed by atoms with Crippen LogP contribution in [-0.2, 0) is 4.74 Å². The number of hydrogen-bond donors (Lipinski definition) is 1. The second-order valence-corrected chi connectivity index (χ2v) is 5.68. The molecule has 1 aromatic rings. The van der Waals surface area contributed by atoms with Crippen molar-refractivity contribution < 1.29 is 14.6 Å². The van der Waals surface area contributed by atoms with E-state index in [0.717, 1.165) is 44.0 Å². The van der Waals surface area contributed by atoms with E-state index in [0.29, 0.717) is 6.61 Å². The number of hydrogen-bond acceptors (Lipinski definition) is 4. The number of aliphatic hydroxyl groups is 1. The van der Waals surface area contributed by atoms with Crippen LogP contribution in [0.15, 0.2) is 24.3 Å². The van der Waals surface area contributed by atoms with Gasteiger partial charge in [-0.3, -0.25) is 4.90 Å². The normalized spacial score (nSPS) is 20.8. The highest BCUT2D eigenvalue weighted by Gasteiger charge is 2.39. The van der Waals surface area contributed by atoms with Crippen LogP contribution in [0.1, 0.15) is 38.9 Å². The van der Waals surface area contributed by atoms with E-state index < -0.39 is 6.10 Å². The van der Waals surface area contributed by atoms with Crippen LogP contribution < -0.4 is 4.74 Å². The van der Waals surface area contributed by atoms with Gasteiger partial charge in [0.05, 0.1) is 19.8 Å². The van der Waals surface area contributed by atoms with E-state index in [1.54, 1.807) is 0 Å². The average Bonchev–Trinajstić information content (AvgIpc) is 2.55. The Morgan fingerprint density at radius 1 is 1.29 bits per heavy atom. The number of morpholine rings is 1. The van der Waals surface area contributed by atoms with E-state index >= 15 is 0 Å². The van der Waals surface area contributed by atoms with Gasteiger partial charge in [0, 0.05) is 24.2 Å². The monoisotopic (exact) mass is 293 g/mol. The van der Waals surface area contributed by atoms with Crippen molar-refractivity contribution >= 4 is 0 Å². The fourth-order valence-corrected chi connectivity index (χ4v) is 2.99. The molecule has 0 aliphatic carbocycles. The van der Waals surface area contributed by atoms with E-state index in [2.05, 4.69) is 18.7 Å². The zero-order valence-electron chi connectivity index (χ0n) is 13.3. The second-order valence-electron chi connectivity index (χ2n) is 5.68. The fourth-order valence-electron chi connectivity index (χ4n) is 2.99. The molecule has 1 saturated heterocycles. The van der Waals surface area contributed by atoms with E-state index in [1.807, 2.05) is 31.2 Å².